The van der Waals surface area contributed by atoms with Gasteiger partial charge in [0.25, 0.3) is 0 Å². The summed E-state index contributed by atoms with van der Waals surface area (Å²) in [5.41, 5.74) is 10.5. The largest absolute Gasteiger partial charge is 0.310 e. The Hall–Kier alpha value is -7.52. The van der Waals surface area contributed by atoms with E-state index in [1.807, 2.05) is 11.3 Å². The van der Waals surface area contributed by atoms with E-state index < -0.39 is 0 Å². The second-order valence-electron chi connectivity index (χ2n) is 15.7. The standard InChI is InChI=1S/C58H37NS/c1-2-12-39(13-3-1)50-32-27-44(55-35-42-15-5-7-17-48(42)51-18-8-9-19-52(51)55)36-56(50)59(46-30-33-54-53-20-10-11-21-57(53)60-58(54)37-46)45-28-24-38(25-29-45)41-26-31-49-43(34-41)23-22-40-14-4-6-16-47(40)49/h1-37H. The molecule has 0 radical (unpaired) electrons. The number of fused-ring (bicyclic) bond motifs is 9. The number of hydrogen-bond acceptors (Lipinski definition) is 2. The molecule has 12 rings (SSSR count). The quantitative estimate of drug-likeness (QED) is 0.152. The average molecular weight is 780 g/mol. The van der Waals surface area contributed by atoms with Gasteiger partial charge in [-0.15, -0.1) is 11.3 Å². The zero-order chi connectivity index (χ0) is 39.6. The van der Waals surface area contributed by atoms with Gasteiger partial charge in [0.1, 0.15) is 0 Å². The summed E-state index contributed by atoms with van der Waals surface area (Å²) in [5, 5.41) is 12.7. The summed E-state index contributed by atoms with van der Waals surface area (Å²) in [7, 11) is 0. The van der Waals surface area contributed by atoms with E-state index in [0.717, 1.165) is 17.1 Å². The van der Waals surface area contributed by atoms with E-state index in [2.05, 4.69) is 229 Å². The highest BCUT2D eigenvalue weighted by atomic mass is 32.1. The lowest BCUT2D eigenvalue weighted by Crippen LogP contribution is -2.11. The first kappa shape index (κ1) is 34.5. The van der Waals surface area contributed by atoms with E-state index in [1.165, 1.54) is 96.6 Å². The number of nitrogens with zero attached hydrogens (tertiary/aromatic N) is 1. The Labute approximate surface area is 352 Å². The van der Waals surface area contributed by atoms with Crippen LogP contribution in [-0.2, 0) is 0 Å². The van der Waals surface area contributed by atoms with Crippen LogP contribution in [0.1, 0.15) is 0 Å². The minimum absolute atomic E-state index is 1.10. The zero-order valence-corrected chi connectivity index (χ0v) is 33.5. The Balaban J connectivity index is 1.07. The molecule has 0 unspecified atom stereocenters. The molecule has 60 heavy (non-hydrogen) atoms. The van der Waals surface area contributed by atoms with E-state index in [1.54, 1.807) is 0 Å². The molecule has 0 aliphatic carbocycles. The van der Waals surface area contributed by atoms with Gasteiger partial charge in [-0.05, 0) is 119 Å². The van der Waals surface area contributed by atoms with Crippen LogP contribution >= 0.6 is 11.3 Å². The molecule has 2 heteroatoms. The van der Waals surface area contributed by atoms with Crippen molar-refractivity contribution < 1.29 is 0 Å². The van der Waals surface area contributed by atoms with Crippen LogP contribution in [0.3, 0.4) is 0 Å². The smallest absolute Gasteiger partial charge is 0.0546 e. The average Bonchev–Trinajstić information content (AvgIpc) is 3.70. The second-order valence-corrected chi connectivity index (χ2v) is 16.8. The van der Waals surface area contributed by atoms with E-state index in [-0.39, 0.29) is 0 Å². The van der Waals surface area contributed by atoms with Crippen LogP contribution in [-0.4, -0.2) is 0 Å². The van der Waals surface area contributed by atoms with Crippen molar-refractivity contribution in [1.29, 1.82) is 0 Å². The third-order valence-corrected chi connectivity index (χ3v) is 13.4. The Bertz CT molecular complexity index is 3600. The summed E-state index contributed by atoms with van der Waals surface area (Å²) in [4.78, 5) is 2.47. The highest BCUT2D eigenvalue weighted by Gasteiger charge is 2.21. The van der Waals surface area contributed by atoms with Gasteiger partial charge < -0.3 is 4.90 Å². The molecule has 1 nitrogen and oxygen atoms in total. The fraction of sp³-hybridized carbons (Fsp3) is 0. The van der Waals surface area contributed by atoms with Crippen LogP contribution in [0.15, 0.2) is 224 Å². The topological polar surface area (TPSA) is 3.24 Å². The minimum atomic E-state index is 1.10. The molecular formula is C58H37NS. The number of thiophene rings is 1. The van der Waals surface area contributed by atoms with Crippen molar-refractivity contribution in [2.24, 2.45) is 0 Å². The zero-order valence-electron chi connectivity index (χ0n) is 32.7. The molecule has 0 aliphatic heterocycles. The molecule has 11 aromatic carbocycles. The third kappa shape index (κ3) is 5.76. The highest BCUT2D eigenvalue weighted by Crippen LogP contribution is 2.47. The van der Waals surface area contributed by atoms with Crippen LogP contribution in [0.25, 0.3) is 96.6 Å². The summed E-state index contributed by atoms with van der Waals surface area (Å²) < 4.78 is 2.58. The van der Waals surface area contributed by atoms with Crippen molar-refractivity contribution in [2.75, 3.05) is 4.90 Å². The number of benzene rings is 11. The molecule has 0 spiro atoms. The van der Waals surface area contributed by atoms with E-state index >= 15 is 0 Å². The maximum absolute atomic E-state index is 2.47. The number of hydrogen-bond donors (Lipinski definition) is 0. The summed E-state index contributed by atoms with van der Waals surface area (Å²) in [5.74, 6) is 0. The first-order valence-electron chi connectivity index (χ1n) is 20.6. The van der Waals surface area contributed by atoms with Crippen LogP contribution in [0.4, 0.5) is 17.1 Å². The summed E-state index contributed by atoms with van der Waals surface area (Å²) >= 11 is 1.86. The summed E-state index contributed by atoms with van der Waals surface area (Å²) in [6, 6.07) is 82.7. The van der Waals surface area contributed by atoms with Gasteiger partial charge in [0, 0.05) is 37.1 Å². The first-order valence-corrected chi connectivity index (χ1v) is 21.4. The third-order valence-electron chi connectivity index (χ3n) is 12.2. The molecule has 1 aromatic heterocycles. The van der Waals surface area contributed by atoms with Crippen molar-refractivity contribution in [2.45, 2.75) is 0 Å². The van der Waals surface area contributed by atoms with Crippen LogP contribution in [0.2, 0.25) is 0 Å². The molecule has 0 saturated heterocycles. The maximum atomic E-state index is 2.47. The molecule has 0 saturated carbocycles. The van der Waals surface area contributed by atoms with Crippen molar-refractivity contribution >= 4 is 91.7 Å². The molecule has 0 N–H and O–H groups in total. The van der Waals surface area contributed by atoms with Gasteiger partial charge in [-0.25, -0.2) is 0 Å². The molecule has 280 valence electrons. The van der Waals surface area contributed by atoms with Crippen molar-refractivity contribution in [3.05, 3.63) is 224 Å². The molecular weight excluding hydrogens is 743 g/mol. The number of anilines is 3. The Kier molecular flexibility index (Phi) is 8.11. The van der Waals surface area contributed by atoms with Crippen molar-refractivity contribution in [1.82, 2.24) is 0 Å². The Morgan fingerprint density at radius 3 is 1.67 bits per heavy atom. The predicted octanol–water partition coefficient (Wildman–Crippen LogP) is 17.1. The summed E-state index contributed by atoms with van der Waals surface area (Å²) in [6.45, 7) is 0. The normalized spacial score (nSPS) is 11.7. The predicted molar refractivity (Wildman–Crippen MR) is 260 cm³/mol. The fourth-order valence-electron chi connectivity index (χ4n) is 9.32. The minimum Gasteiger partial charge on any atom is -0.310 e. The lowest BCUT2D eigenvalue weighted by atomic mass is 9.91. The van der Waals surface area contributed by atoms with E-state index in [4.69, 9.17) is 0 Å². The molecule has 1 heterocycles. The van der Waals surface area contributed by atoms with Crippen LogP contribution in [0.5, 0.6) is 0 Å². The maximum Gasteiger partial charge on any atom is 0.0546 e. The molecule has 12 aromatic rings. The Morgan fingerprint density at radius 1 is 0.267 bits per heavy atom. The van der Waals surface area contributed by atoms with Gasteiger partial charge >= 0.3 is 0 Å². The van der Waals surface area contributed by atoms with Crippen LogP contribution < -0.4 is 4.90 Å². The van der Waals surface area contributed by atoms with Crippen molar-refractivity contribution in [3.8, 4) is 33.4 Å². The summed E-state index contributed by atoms with van der Waals surface area (Å²) in [6.07, 6.45) is 0. The van der Waals surface area contributed by atoms with Crippen LogP contribution in [0, 0.1) is 0 Å². The van der Waals surface area contributed by atoms with Gasteiger partial charge in [0.2, 0.25) is 0 Å². The van der Waals surface area contributed by atoms with Gasteiger partial charge in [-0.3, -0.25) is 0 Å². The lowest BCUT2D eigenvalue weighted by molar-refractivity contribution is 1.29. The first-order chi connectivity index (χ1) is 29.7. The van der Waals surface area contributed by atoms with E-state index in [0.29, 0.717) is 0 Å². The molecule has 0 amide bonds. The molecule has 0 bridgehead atoms. The van der Waals surface area contributed by atoms with Crippen molar-refractivity contribution in [3.63, 3.8) is 0 Å². The molecule has 0 fully saturated rings. The van der Waals surface area contributed by atoms with E-state index in [9.17, 15) is 0 Å². The highest BCUT2D eigenvalue weighted by molar-refractivity contribution is 7.25. The SMILES string of the molecule is c1ccc(-c2ccc(-c3cc4ccccc4c4ccccc34)cc2N(c2ccc(-c3ccc4c(ccc5ccccc54)c3)cc2)c2ccc3c(c2)sc2ccccc23)cc1. The second kappa shape index (κ2) is 14.1. The Morgan fingerprint density at radius 2 is 0.833 bits per heavy atom. The molecule has 0 aliphatic rings. The monoisotopic (exact) mass is 779 g/mol. The van der Waals surface area contributed by atoms with Gasteiger partial charge in [0.15, 0.2) is 0 Å². The fourth-order valence-corrected chi connectivity index (χ4v) is 10.5. The van der Waals surface area contributed by atoms with Gasteiger partial charge in [-0.2, -0.15) is 0 Å². The van der Waals surface area contributed by atoms with Gasteiger partial charge in [-0.1, -0.05) is 176 Å². The molecule has 0 atom stereocenters. The van der Waals surface area contributed by atoms with Gasteiger partial charge in [0.05, 0.1) is 5.69 Å². The lowest BCUT2D eigenvalue weighted by Gasteiger charge is -2.29. The number of rotatable bonds is 6.